The Kier molecular flexibility index (Phi) is 3.68. The summed E-state index contributed by atoms with van der Waals surface area (Å²) in [7, 11) is 0. The summed E-state index contributed by atoms with van der Waals surface area (Å²) in [4.78, 5) is 10.6. The highest BCUT2D eigenvalue weighted by Gasteiger charge is 2.16. The monoisotopic (exact) mass is 276 g/mol. The molecule has 82 valence electrons. The van der Waals surface area contributed by atoms with Gasteiger partial charge in [-0.05, 0) is 34.0 Å². The summed E-state index contributed by atoms with van der Waals surface area (Å²) < 4.78 is 12.9. The first-order valence-corrected chi connectivity index (χ1v) is 5.11. The number of carboxylic acids is 1. The molecule has 1 atom stereocenters. The molecule has 5 heteroatoms. The Morgan fingerprint density at radius 3 is 2.73 bits per heavy atom. The van der Waals surface area contributed by atoms with Crippen LogP contribution in [0.4, 0.5) is 4.39 Å². The summed E-state index contributed by atoms with van der Waals surface area (Å²) >= 11 is 2.88. The Balaban J connectivity index is 2.97. The van der Waals surface area contributed by atoms with Crippen LogP contribution in [0.1, 0.15) is 12.5 Å². The van der Waals surface area contributed by atoms with Crippen LogP contribution in [0.5, 0.6) is 5.75 Å². The molecule has 1 rings (SSSR count). The molecular weight excluding hydrogens is 267 g/mol. The lowest BCUT2D eigenvalue weighted by atomic mass is 10.0. The van der Waals surface area contributed by atoms with E-state index in [-0.39, 0.29) is 16.6 Å². The Morgan fingerprint density at radius 1 is 1.60 bits per heavy atom. The lowest BCUT2D eigenvalue weighted by molar-refractivity contribution is -0.141. The molecule has 0 aliphatic carbocycles. The topological polar surface area (TPSA) is 57.5 Å². The minimum atomic E-state index is -0.949. The molecule has 2 N–H and O–H groups in total. The van der Waals surface area contributed by atoms with E-state index in [1.54, 1.807) is 0 Å². The fourth-order valence-corrected chi connectivity index (χ4v) is 1.55. The molecule has 0 aliphatic rings. The van der Waals surface area contributed by atoms with E-state index in [2.05, 4.69) is 15.9 Å². The normalized spacial score (nSPS) is 12.5. The molecule has 0 saturated carbocycles. The summed E-state index contributed by atoms with van der Waals surface area (Å²) in [5, 5.41) is 18.2. The first-order chi connectivity index (χ1) is 6.93. The molecule has 0 spiro atoms. The average Bonchev–Trinajstić information content (AvgIpc) is 2.18. The first kappa shape index (κ1) is 12.0. The molecule has 1 aromatic rings. The van der Waals surface area contributed by atoms with Crippen LogP contribution in [0.3, 0.4) is 0 Å². The lowest BCUT2D eigenvalue weighted by Gasteiger charge is -2.09. The predicted molar refractivity (Wildman–Crippen MR) is 56.3 cm³/mol. The zero-order valence-electron chi connectivity index (χ0n) is 8.00. The highest BCUT2D eigenvalue weighted by atomic mass is 79.9. The van der Waals surface area contributed by atoms with Crippen molar-refractivity contribution in [1.29, 1.82) is 0 Å². The third-order valence-electron chi connectivity index (χ3n) is 2.10. The van der Waals surface area contributed by atoms with Crippen molar-refractivity contribution in [2.75, 3.05) is 0 Å². The number of carbonyl (C=O) groups is 1. The van der Waals surface area contributed by atoms with Gasteiger partial charge in [0.25, 0.3) is 0 Å². The summed E-state index contributed by atoms with van der Waals surface area (Å²) in [5.41, 5.74) is 0.415. The van der Waals surface area contributed by atoms with Crippen LogP contribution < -0.4 is 0 Å². The zero-order valence-corrected chi connectivity index (χ0v) is 9.58. The summed E-state index contributed by atoms with van der Waals surface area (Å²) in [6, 6.07) is 2.57. The van der Waals surface area contributed by atoms with Gasteiger partial charge in [0.2, 0.25) is 0 Å². The minimum absolute atomic E-state index is 0.0300. The number of phenolic OH excluding ortho intramolecular Hbond substituents is 1. The van der Waals surface area contributed by atoms with Gasteiger partial charge < -0.3 is 10.2 Å². The molecule has 15 heavy (non-hydrogen) atoms. The average molecular weight is 277 g/mol. The molecule has 0 aromatic heterocycles. The van der Waals surface area contributed by atoms with Crippen LogP contribution in [0.25, 0.3) is 0 Å². The van der Waals surface area contributed by atoms with E-state index in [1.807, 2.05) is 0 Å². The number of phenols is 1. The maximum absolute atomic E-state index is 12.9. The van der Waals surface area contributed by atoms with Crippen LogP contribution in [0, 0.1) is 11.7 Å². The number of aliphatic carboxylic acids is 1. The van der Waals surface area contributed by atoms with E-state index in [4.69, 9.17) is 5.11 Å². The Labute approximate surface area is 94.7 Å². The van der Waals surface area contributed by atoms with Crippen LogP contribution in [0.15, 0.2) is 16.6 Å². The molecule has 0 radical (unpaired) electrons. The number of hydrogen-bond donors (Lipinski definition) is 2. The van der Waals surface area contributed by atoms with E-state index >= 15 is 0 Å². The maximum atomic E-state index is 12.9. The Hall–Kier alpha value is -1.10. The minimum Gasteiger partial charge on any atom is -0.506 e. The molecule has 0 fully saturated rings. The predicted octanol–water partition coefficient (Wildman–Crippen LogP) is 2.56. The van der Waals surface area contributed by atoms with E-state index < -0.39 is 17.7 Å². The van der Waals surface area contributed by atoms with Crippen LogP contribution in [-0.2, 0) is 11.2 Å². The number of halogens is 2. The van der Waals surface area contributed by atoms with Crippen LogP contribution in [0.2, 0.25) is 0 Å². The van der Waals surface area contributed by atoms with Gasteiger partial charge in [-0.3, -0.25) is 4.79 Å². The molecule has 0 heterocycles. The molecular formula is C10H10BrFO3. The van der Waals surface area contributed by atoms with E-state index in [1.165, 1.54) is 19.1 Å². The van der Waals surface area contributed by atoms with Gasteiger partial charge in [-0.25, -0.2) is 4.39 Å². The van der Waals surface area contributed by atoms with Crippen molar-refractivity contribution < 1.29 is 19.4 Å². The number of aromatic hydroxyl groups is 1. The highest BCUT2D eigenvalue weighted by Crippen LogP contribution is 2.31. The van der Waals surface area contributed by atoms with Crippen molar-refractivity contribution in [2.24, 2.45) is 5.92 Å². The van der Waals surface area contributed by atoms with Gasteiger partial charge in [-0.2, -0.15) is 0 Å². The van der Waals surface area contributed by atoms with Gasteiger partial charge in [-0.15, -0.1) is 0 Å². The summed E-state index contributed by atoms with van der Waals surface area (Å²) in [6.45, 7) is 1.53. The third kappa shape index (κ3) is 2.68. The summed E-state index contributed by atoms with van der Waals surface area (Å²) in [5.74, 6) is -2.37. The maximum Gasteiger partial charge on any atom is 0.306 e. The first-order valence-electron chi connectivity index (χ1n) is 4.32. The van der Waals surface area contributed by atoms with Crippen molar-refractivity contribution in [2.45, 2.75) is 13.3 Å². The number of benzene rings is 1. The quantitative estimate of drug-likeness (QED) is 0.892. The van der Waals surface area contributed by atoms with Gasteiger partial charge in [-0.1, -0.05) is 13.0 Å². The molecule has 0 amide bonds. The van der Waals surface area contributed by atoms with Gasteiger partial charge in [0.05, 0.1) is 10.4 Å². The fourth-order valence-electron chi connectivity index (χ4n) is 1.16. The lowest BCUT2D eigenvalue weighted by Crippen LogP contribution is -2.12. The van der Waals surface area contributed by atoms with E-state index in [0.717, 1.165) is 0 Å². The van der Waals surface area contributed by atoms with E-state index in [0.29, 0.717) is 5.56 Å². The van der Waals surface area contributed by atoms with Gasteiger partial charge in [0, 0.05) is 0 Å². The Morgan fingerprint density at radius 2 is 2.20 bits per heavy atom. The number of carboxylic acid groups (broad SMARTS) is 1. The smallest absolute Gasteiger partial charge is 0.306 e. The Bertz CT molecular complexity index is 392. The molecule has 0 bridgehead atoms. The molecule has 1 unspecified atom stereocenters. The van der Waals surface area contributed by atoms with Crippen molar-refractivity contribution >= 4 is 21.9 Å². The van der Waals surface area contributed by atoms with Gasteiger partial charge in [0.1, 0.15) is 11.6 Å². The zero-order chi connectivity index (χ0) is 11.6. The van der Waals surface area contributed by atoms with Crippen molar-refractivity contribution in [3.05, 3.63) is 28.0 Å². The number of rotatable bonds is 3. The fraction of sp³-hybridized carbons (Fsp3) is 0.300. The van der Waals surface area contributed by atoms with Gasteiger partial charge >= 0.3 is 5.97 Å². The SMILES string of the molecule is CC(Cc1ccc(F)c(Br)c1O)C(=O)O. The van der Waals surface area contributed by atoms with Crippen molar-refractivity contribution in [3.63, 3.8) is 0 Å². The largest absolute Gasteiger partial charge is 0.506 e. The highest BCUT2D eigenvalue weighted by molar-refractivity contribution is 9.10. The second-order valence-corrected chi connectivity index (χ2v) is 4.11. The second-order valence-electron chi connectivity index (χ2n) is 3.31. The van der Waals surface area contributed by atoms with Crippen molar-refractivity contribution in [1.82, 2.24) is 0 Å². The number of hydrogen-bond acceptors (Lipinski definition) is 2. The third-order valence-corrected chi connectivity index (χ3v) is 2.85. The van der Waals surface area contributed by atoms with E-state index in [9.17, 15) is 14.3 Å². The molecule has 1 aromatic carbocycles. The molecule has 3 nitrogen and oxygen atoms in total. The summed E-state index contributed by atoms with van der Waals surface area (Å²) in [6.07, 6.45) is 0.167. The standard InChI is InChI=1S/C10H10BrFO3/c1-5(10(14)15)4-6-2-3-7(12)8(11)9(6)13/h2-3,5,13H,4H2,1H3,(H,14,15). The van der Waals surface area contributed by atoms with Gasteiger partial charge in [0.15, 0.2) is 0 Å². The van der Waals surface area contributed by atoms with Crippen LogP contribution in [-0.4, -0.2) is 16.2 Å². The van der Waals surface area contributed by atoms with Crippen molar-refractivity contribution in [3.8, 4) is 5.75 Å². The molecule has 0 saturated heterocycles. The van der Waals surface area contributed by atoms with Crippen LogP contribution >= 0.6 is 15.9 Å². The molecule has 0 aliphatic heterocycles. The second kappa shape index (κ2) is 4.61.